The van der Waals surface area contributed by atoms with Gasteiger partial charge in [-0.3, -0.25) is 4.79 Å². The summed E-state index contributed by atoms with van der Waals surface area (Å²) in [5.41, 5.74) is 1.92. The topological polar surface area (TPSA) is 43.8 Å². The summed E-state index contributed by atoms with van der Waals surface area (Å²) in [5.74, 6) is 0.0956. The summed E-state index contributed by atoms with van der Waals surface area (Å²) in [5, 5.41) is 9.61. The standard InChI is InChI=1S/C19H30N2O2/c1-4-12-20(5-2)17-10-8-16(9-11-17)19(23)21-13-6-7-18(21)14-15(3)22/h8-11,15,18,22H,4-7,12-14H2,1-3H3. The van der Waals surface area contributed by atoms with Gasteiger partial charge in [0.25, 0.3) is 5.91 Å². The average Bonchev–Trinajstić information content (AvgIpc) is 2.99. The molecule has 2 unspecified atom stereocenters. The van der Waals surface area contributed by atoms with Crippen molar-refractivity contribution in [2.45, 2.75) is 58.6 Å². The number of carbonyl (C=O) groups is 1. The van der Waals surface area contributed by atoms with Crippen LogP contribution in [0.1, 0.15) is 56.8 Å². The molecule has 1 fully saturated rings. The summed E-state index contributed by atoms with van der Waals surface area (Å²) in [7, 11) is 0. The van der Waals surface area contributed by atoms with Gasteiger partial charge in [-0.2, -0.15) is 0 Å². The Hall–Kier alpha value is -1.55. The third-order valence-electron chi connectivity index (χ3n) is 4.61. The second kappa shape index (κ2) is 8.34. The number of amides is 1. The van der Waals surface area contributed by atoms with E-state index in [4.69, 9.17) is 0 Å². The second-order valence-corrected chi connectivity index (χ2v) is 6.51. The molecule has 1 saturated heterocycles. The number of nitrogens with zero attached hydrogens (tertiary/aromatic N) is 2. The van der Waals surface area contributed by atoms with Crippen LogP contribution in [0.2, 0.25) is 0 Å². The Labute approximate surface area is 140 Å². The van der Waals surface area contributed by atoms with Gasteiger partial charge in [-0.1, -0.05) is 6.92 Å². The zero-order valence-electron chi connectivity index (χ0n) is 14.7. The van der Waals surface area contributed by atoms with E-state index in [9.17, 15) is 9.90 Å². The fourth-order valence-corrected chi connectivity index (χ4v) is 3.46. The first-order valence-corrected chi connectivity index (χ1v) is 8.90. The van der Waals surface area contributed by atoms with E-state index in [1.54, 1.807) is 6.92 Å². The van der Waals surface area contributed by atoms with Gasteiger partial charge in [0.1, 0.15) is 0 Å². The summed E-state index contributed by atoms with van der Waals surface area (Å²) in [6.07, 6.45) is 3.45. The number of carbonyl (C=O) groups excluding carboxylic acids is 1. The van der Waals surface area contributed by atoms with Crippen molar-refractivity contribution in [2.24, 2.45) is 0 Å². The highest BCUT2D eigenvalue weighted by Gasteiger charge is 2.30. The zero-order chi connectivity index (χ0) is 16.8. The van der Waals surface area contributed by atoms with Crippen LogP contribution in [0.5, 0.6) is 0 Å². The molecule has 0 saturated carbocycles. The Morgan fingerprint density at radius 2 is 2.04 bits per heavy atom. The fraction of sp³-hybridized carbons (Fsp3) is 0.632. The van der Waals surface area contributed by atoms with Gasteiger partial charge in [-0.25, -0.2) is 0 Å². The van der Waals surface area contributed by atoms with Gasteiger partial charge < -0.3 is 14.9 Å². The predicted molar refractivity (Wildman–Crippen MR) is 95.0 cm³/mol. The van der Waals surface area contributed by atoms with Crippen LogP contribution in [-0.2, 0) is 0 Å². The van der Waals surface area contributed by atoms with Crippen molar-refractivity contribution in [3.8, 4) is 0 Å². The lowest BCUT2D eigenvalue weighted by Crippen LogP contribution is -2.37. The lowest BCUT2D eigenvalue weighted by molar-refractivity contribution is 0.0682. The van der Waals surface area contributed by atoms with Gasteiger partial charge in [-0.15, -0.1) is 0 Å². The Morgan fingerprint density at radius 3 is 2.61 bits per heavy atom. The number of aliphatic hydroxyl groups is 1. The molecule has 2 atom stereocenters. The fourth-order valence-electron chi connectivity index (χ4n) is 3.46. The van der Waals surface area contributed by atoms with Gasteiger partial charge in [0, 0.05) is 36.9 Å². The lowest BCUT2D eigenvalue weighted by Gasteiger charge is -2.26. The van der Waals surface area contributed by atoms with Crippen molar-refractivity contribution in [3.63, 3.8) is 0 Å². The van der Waals surface area contributed by atoms with Gasteiger partial charge in [0.2, 0.25) is 0 Å². The number of likely N-dealkylation sites (tertiary alicyclic amines) is 1. The second-order valence-electron chi connectivity index (χ2n) is 6.51. The van der Waals surface area contributed by atoms with Gasteiger partial charge in [0.05, 0.1) is 6.10 Å². The summed E-state index contributed by atoms with van der Waals surface area (Å²) in [4.78, 5) is 17.0. The summed E-state index contributed by atoms with van der Waals surface area (Å²) in [6, 6.07) is 8.15. The molecule has 0 radical (unpaired) electrons. The molecule has 0 bridgehead atoms. The molecule has 1 aliphatic heterocycles. The van der Waals surface area contributed by atoms with Crippen LogP contribution in [0.25, 0.3) is 0 Å². The van der Waals surface area contributed by atoms with Crippen molar-refractivity contribution in [1.82, 2.24) is 4.90 Å². The highest BCUT2D eigenvalue weighted by Crippen LogP contribution is 2.24. The molecule has 0 aliphatic carbocycles. The maximum atomic E-state index is 12.7. The smallest absolute Gasteiger partial charge is 0.254 e. The number of aliphatic hydroxyl groups excluding tert-OH is 1. The molecule has 128 valence electrons. The van der Waals surface area contributed by atoms with Crippen LogP contribution < -0.4 is 4.90 Å². The Balaban J connectivity index is 2.07. The maximum absolute atomic E-state index is 12.7. The normalized spacial score (nSPS) is 19.0. The van der Waals surface area contributed by atoms with E-state index in [1.807, 2.05) is 29.2 Å². The minimum absolute atomic E-state index is 0.0956. The summed E-state index contributed by atoms with van der Waals surface area (Å²) >= 11 is 0. The van der Waals surface area contributed by atoms with Gasteiger partial charge >= 0.3 is 0 Å². The van der Waals surface area contributed by atoms with Crippen molar-refractivity contribution in [1.29, 1.82) is 0 Å². The van der Waals surface area contributed by atoms with E-state index in [-0.39, 0.29) is 18.1 Å². The van der Waals surface area contributed by atoms with Crippen LogP contribution in [0, 0.1) is 0 Å². The van der Waals surface area contributed by atoms with E-state index in [0.717, 1.165) is 44.5 Å². The van der Waals surface area contributed by atoms with Crippen molar-refractivity contribution in [3.05, 3.63) is 29.8 Å². The highest BCUT2D eigenvalue weighted by molar-refractivity contribution is 5.95. The first kappa shape index (κ1) is 17.8. The van der Waals surface area contributed by atoms with E-state index < -0.39 is 0 Å². The van der Waals surface area contributed by atoms with E-state index in [1.165, 1.54) is 5.69 Å². The minimum Gasteiger partial charge on any atom is -0.393 e. The van der Waals surface area contributed by atoms with Crippen LogP contribution in [0.4, 0.5) is 5.69 Å². The van der Waals surface area contributed by atoms with Crippen LogP contribution in [0.15, 0.2) is 24.3 Å². The predicted octanol–water partition coefficient (Wildman–Crippen LogP) is 3.30. The number of rotatable bonds is 7. The van der Waals surface area contributed by atoms with Crippen LogP contribution in [-0.4, -0.2) is 47.7 Å². The summed E-state index contributed by atoms with van der Waals surface area (Å²) in [6.45, 7) is 8.93. The van der Waals surface area contributed by atoms with Crippen molar-refractivity contribution >= 4 is 11.6 Å². The zero-order valence-corrected chi connectivity index (χ0v) is 14.7. The van der Waals surface area contributed by atoms with Crippen LogP contribution >= 0.6 is 0 Å². The van der Waals surface area contributed by atoms with Crippen molar-refractivity contribution < 1.29 is 9.90 Å². The molecule has 0 aromatic heterocycles. The molecular formula is C19H30N2O2. The number of anilines is 1. The molecule has 4 nitrogen and oxygen atoms in total. The third kappa shape index (κ3) is 4.47. The van der Waals surface area contributed by atoms with E-state index in [0.29, 0.717) is 6.42 Å². The Morgan fingerprint density at radius 1 is 1.35 bits per heavy atom. The molecule has 23 heavy (non-hydrogen) atoms. The molecule has 1 aromatic rings. The van der Waals surface area contributed by atoms with Gasteiger partial charge in [0.15, 0.2) is 0 Å². The molecular weight excluding hydrogens is 288 g/mol. The van der Waals surface area contributed by atoms with Gasteiger partial charge in [-0.05, 0) is 63.8 Å². The molecule has 1 heterocycles. The number of hydrogen-bond acceptors (Lipinski definition) is 3. The monoisotopic (exact) mass is 318 g/mol. The average molecular weight is 318 g/mol. The number of hydrogen-bond donors (Lipinski definition) is 1. The largest absolute Gasteiger partial charge is 0.393 e. The first-order valence-electron chi connectivity index (χ1n) is 8.90. The highest BCUT2D eigenvalue weighted by atomic mass is 16.3. The van der Waals surface area contributed by atoms with Crippen LogP contribution in [0.3, 0.4) is 0 Å². The molecule has 1 amide bonds. The maximum Gasteiger partial charge on any atom is 0.254 e. The first-order chi connectivity index (χ1) is 11.1. The van der Waals surface area contributed by atoms with E-state index in [2.05, 4.69) is 18.7 Å². The van der Waals surface area contributed by atoms with Crippen molar-refractivity contribution in [2.75, 3.05) is 24.5 Å². The third-order valence-corrected chi connectivity index (χ3v) is 4.61. The molecule has 2 rings (SSSR count). The molecule has 4 heteroatoms. The quantitative estimate of drug-likeness (QED) is 0.839. The molecule has 1 aromatic carbocycles. The summed E-state index contributed by atoms with van der Waals surface area (Å²) < 4.78 is 0. The molecule has 0 spiro atoms. The lowest BCUT2D eigenvalue weighted by atomic mass is 10.1. The van der Waals surface area contributed by atoms with E-state index >= 15 is 0 Å². The molecule has 1 aliphatic rings. The Bertz CT molecular complexity index is 499. The number of benzene rings is 1. The minimum atomic E-state index is -0.358. The SMILES string of the molecule is CCCN(CC)c1ccc(C(=O)N2CCCC2CC(C)O)cc1. The Kier molecular flexibility index (Phi) is 6.46. The molecule has 1 N–H and O–H groups in total.